The predicted octanol–water partition coefficient (Wildman–Crippen LogP) is 0.679. The standard InChI is InChI=1S/C10H17F3N2O2/c1-2-14-8-6-17-5-7(8)9(16)15-4-3-10(11,12)13/h7-8,14H,2-6H2,1H3,(H,15,16). The van der Waals surface area contributed by atoms with Gasteiger partial charge in [-0.2, -0.15) is 13.2 Å². The molecule has 0 aromatic carbocycles. The number of carbonyl (C=O) groups excluding carboxylic acids is 1. The fourth-order valence-electron chi connectivity index (χ4n) is 1.73. The van der Waals surface area contributed by atoms with E-state index in [9.17, 15) is 18.0 Å². The highest BCUT2D eigenvalue weighted by molar-refractivity contribution is 5.79. The van der Waals surface area contributed by atoms with E-state index < -0.39 is 18.5 Å². The number of carbonyl (C=O) groups is 1. The van der Waals surface area contributed by atoms with E-state index in [4.69, 9.17) is 4.74 Å². The lowest BCUT2D eigenvalue weighted by Gasteiger charge is -2.18. The van der Waals surface area contributed by atoms with Crippen molar-refractivity contribution in [2.75, 3.05) is 26.3 Å². The second-order valence-electron chi connectivity index (χ2n) is 3.96. The second-order valence-corrected chi connectivity index (χ2v) is 3.96. The number of hydrogen-bond acceptors (Lipinski definition) is 3. The Morgan fingerprint density at radius 1 is 1.41 bits per heavy atom. The molecule has 0 radical (unpaired) electrons. The van der Waals surface area contributed by atoms with Crippen LogP contribution in [0.3, 0.4) is 0 Å². The monoisotopic (exact) mass is 254 g/mol. The molecule has 17 heavy (non-hydrogen) atoms. The van der Waals surface area contributed by atoms with Crippen molar-refractivity contribution in [1.29, 1.82) is 0 Å². The summed E-state index contributed by atoms with van der Waals surface area (Å²) in [5.74, 6) is -0.777. The Morgan fingerprint density at radius 2 is 2.12 bits per heavy atom. The van der Waals surface area contributed by atoms with Crippen LogP contribution in [0.4, 0.5) is 13.2 Å². The lowest BCUT2D eigenvalue weighted by atomic mass is 10.0. The molecule has 1 fully saturated rings. The fraction of sp³-hybridized carbons (Fsp3) is 0.900. The lowest BCUT2D eigenvalue weighted by Crippen LogP contribution is -2.44. The summed E-state index contributed by atoms with van der Waals surface area (Å²) in [5, 5.41) is 5.36. The minimum Gasteiger partial charge on any atom is -0.379 e. The summed E-state index contributed by atoms with van der Waals surface area (Å²) in [7, 11) is 0. The molecule has 2 unspecified atom stereocenters. The van der Waals surface area contributed by atoms with Gasteiger partial charge in [-0.05, 0) is 6.54 Å². The third-order valence-corrected chi connectivity index (χ3v) is 2.59. The predicted molar refractivity (Wildman–Crippen MR) is 55.5 cm³/mol. The Balaban J connectivity index is 2.31. The van der Waals surface area contributed by atoms with Crippen LogP contribution >= 0.6 is 0 Å². The Kier molecular flexibility index (Phi) is 5.20. The molecule has 100 valence electrons. The molecule has 1 aliphatic rings. The molecule has 0 spiro atoms. The van der Waals surface area contributed by atoms with Gasteiger partial charge >= 0.3 is 6.18 Å². The highest BCUT2D eigenvalue weighted by Crippen LogP contribution is 2.19. The number of ether oxygens (including phenoxy) is 1. The van der Waals surface area contributed by atoms with Crippen LogP contribution in [-0.4, -0.2) is 44.4 Å². The topological polar surface area (TPSA) is 50.4 Å². The van der Waals surface area contributed by atoms with Crippen molar-refractivity contribution < 1.29 is 22.7 Å². The summed E-state index contributed by atoms with van der Waals surface area (Å²) in [5.41, 5.74) is 0. The van der Waals surface area contributed by atoms with Crippen molar-refractivity contribution in [3.8, 4) is 0 Å². The first-order valence-corrected chi connectivity index (χ1v) is 5.59. The van der Waals surface area contributed by atoms with E-state index in [0.29, 0.717) is 13.2 Å². The van der Waals surface area contributed by atoms with Crippen LogP contribution in [0.5, 0.6) is 0 Å². The van der Waals surface area contributed by atoms with E-state index in [1.807, 2.05) is 6.92 Å². The molecule has 0 saturated carbocycles. The van der Waals surface area contributed by atoms with Gasteiger partial charge in [-0.25, -0.2) is 0 Å². The van der Waals surface area contributed by atoms with Crippen molar-refractivity contribution in [3.63, 3.8) is 0 Å². The van der Waals surface area contributed by atoms with Gasteiger partial charge in [-0.1, -0.05) is 6.92 Å². The van der Waals surface area contributed by atoms with E-state index in [2.05, 4.69) is 10.6 Å². The van der Waals surface area contributed by atoms with E-state index in [1.54, 1.807) is 0 Å². The van der Waals surface area contributed by atoms with Crippen LogP contribution in [0.1, 0.15) is 13.3 Å². The Morgan fingerprint density at radius 3 is 2.71 bits per heavy atom. The molecule has 4 nitrogen and oxygen atoms in total. The van der Waals surface area contributed by atoms with E-state index >= 15 is 0 Å². The summed E-state index contributed by atoms with van der Waals surface area (Å²) in [6.07, 6.45) is -5.24. The first kappa shape index (κ1) is 14.2. The summed E-state index contributed by atoms with van der Waals surface area (Å²) in [6, 6.07) is -0.106. The van der Waals surface area contributed by atoms with Crippen molar-refractivity contribution in [1.82, 2.24) is 10.6 Å². The van der Waals surface area contributed by atoms with Crippen LogP contribution in [0.2, 0.25) is 0 Å². The molecule has 0 aromatic heterocycles. The molecule has 1 rings (SSSR count). The third-order valence-electron chi connectivity index (χ3n) is 2.59. The van der Waals surface area contributed by atoms with E-state index in [1.165, 1.54) is 0 Å². The van der Waals surface area contributed by atoms with Gasteiger partial charge in [-0.3, -0.25) is 4.79 Å². The normalized spacial score (nSPS) is 24.9. The van der Waals surface area contributed by atoms with E-state index in [-0.39, 0.29) is 25.1 Å². The van der Waals surface area contributed by atoms with Gasteiger partial charge in [0, 0.05) is 12.6 Å². The minimum absolute atomic E-state index is 0.106. The summed E-state index contributed by atoms with van der Waals surface area (Å²) < 4.78 is 40.8. The van der Waals surface area contributed by atoms with Gasteiger partial charge in [0.25, 0.3) is 0 Å². The van der Waals surface area contributed by atoms with Crippen molar-refractivity contribution in [2.45, 2.75) is 25.6 Å². The fourth-order valence-corrected chi connectivity index (χ4v) is 1.73. The Labute approximate surface area is 97.9 Å². The summed E-state index contributed by atoms with van der Waals surface area (Å²) in [4.78, 5) is 11.6. The highest BCUT2D eigenvalue weighted by atomic mass is 19.4. The number of alkyl halides is 3. The van der Waals surface area contributed by atoms with Gasteiger partial charge in [0.2, 0.25) is 5.91 Å². The second kappa shape index (κ2) is 6.20. The SMILES string of the molecule is CCNC1COCC1C(=O)NCCC(F)(F)F. The smallest absolute Gasteiger partial charge is 0.379 e. The van der Waals surface area contributed by atoms with Gasteiger partial charge in [0.1, 0.15) is 0 Å². The highest BCUT2D eigenvalue weighted by Gasteiger charge is 2.34. The van der Waals surface area contributed by atoms with Crippen molar-refractivity contribution in [2.24, 2.45) is 5.92 Å². The number of rotatable bonds is 5. The molecular weight excluding hydrogens is 237 g/mol. The number of likely N-dealkylation sites (N-methyl/N-ethyl adjacent to an activating group) is 1. The Bertz CT molecular complexity index is 258. The van der Waals surface area contributed by atoms with Crippen LogP contribution in [0, 0.1) is 5.92 Å². The number of amides is 1. The zero-order valence-corrected chi connectivity index (χ0v) is 9.64. The van der Waals surface area contributed by atoms with Crippen LogP contribution < -0.4 is 10.6 Å². The molecule has 0 bridgehead atoms. The summed E-state index contributed by atoms with van der Waals surface area (Å²) >= 11 is 0. The van der Waals surface area contributed by atoms with Gasteiger partial charge in [-0.15, -0.1) is 0 Å². The van der Waals surface area contributed by atoms with Crippen LogP contribution in [-0.2, 0) is 9.53 Å². The molecule has 1 amide bonds. The zero-order valence-electron chi connectivity index (χ0n) is 9.64. The average molecular weight is 254 g/mol. The first-order valence-electron chi connectivity index (χ1n) is 5.59. The van der Waals surface area contributed by atoms with Gasteiger partial charge < -0.3 is 15.4 Å². The molecule has 1 aliphatic heterocycles. The molecule has 7 heteroatoms. The average Bonchev–Trinajstić information content (AvgIpc) is 2.64. The molecule has 2 atom stereocenters. The molecular formula is C10H17F3N2O2. The number of nitrogens with one attached hydrogen (secondary N) is 2. The van der Waals surface area contributed by atoms with Crippen LogP contribution in [0.15, 0.2) is 0 Å². The molecule has 1 heterocycles. The lowest BCUT2D eigenvalue weighted by molar-refractivity contribution is -0.136. The Hall–Kier alpha value is -0.820. The molecule has 0 aromatic rings. The summed E-state index contributed by atoms with van der Waals surface area (Å²) in [6.45, 7) is 2.90. The first-order chi connectivity index (χ1) is 7.94. The van der Waals surface area contributed by atoms with Crippen molar-refractivity contribution in [3.05, 3.63) is 0 Å². The van der Waals surface area contributed by atoms with Gasteiger partial charge in [0.05, 0.1) is 25.6 Å². The third kappa shape index (κ3) is 4.91. The van der Waals surface area contributed by atoms with Gasteiger partial charge in [0.15, 0.2) is 0 Å². The molecule has 0 aliphatic carbocycles. The largest absolute Gasteiger partial charge is 0.390 e. The molecule has 2 N–H and O–H groups in total. The van der Waals surface area contributed by atoms with E-state index in [0.717, 1.165) is 0 Å². The molecule has 1 saturated heterocycles. The number of halogens is 3. The quantitative estimate of drug-likeness (QED) is 0.758. The maximum absolute atomic E-state index is 11.9. The maximum atomic E-state index is 11.9. The van der Waals surface area contributed by atoms with Crippen LogP contribution in [0.25, 0.3) is 0 Å². The minimum atomic E-state index is -4.24. The zero-order chi connectivity index (χ0) is 12.9. The number of hydrogen-bond donors (Lipinski definition) is 2. The van der Waals surface area contributed by atoms with Crippen molar-refractivity contribution >= 4 is 5.91 Å². The maximum Gasteiger partial charge on any atom is 0.390 e.